The predicted octanol–water partition coefficient (Wildman–Crippen LogP) is 2.41. The number of hydrogen-bond donors (Lipinski definition) is 1. The standard InChI is InChI=1S/C14H15N3O/c1-9-10(2)17(8-16-9)14-6-12(7-15)4-5-13(14)11(3)18/h4-6,8,11,18H,1-3H3/t11-/m1/s1. The van der Waals surface area contributed by atoms with Gasteiger partial charge < -0.3 is 9.67 Å². The third-order valence-corrected chi connectivity index (χ3v) is 3.12. The Hall–Kier alpha value is -2.12. The molecular weight excluding hydrogens is 226 g/mol. The van der Waals surface area contributed by atoms with Crippen LogP contribution in [0.3, 0.4) is 0 Å². The van der Waals surface area contributed by atoms with Crippen molar-refractivity contribution < 1.29 is 5.11 Å². The summed E-state index contributed by atoms with van der Waals surface area (Å²) in [6.45, 7) is 5.61. The number of aliphatic hydroxyl groups excluding tert-OH is 1. The quantitative estimate of drug-likeness (QED) is 0.878. The minimum Gasteiger partial charge on any atom is -0.389 e. The highest BCUT2D eigenvalue weighted by molar-refractivity contribution is 5.49. The Balaban J connectivity index is 2.68. The average molecular weight is 241 g/mol. The lowest BCUT2D eigenvalue weighted by molar-refractivity contribution is 0.199. The molecule has 1 aromatic heterocycles. The topological polar surface area (TPSA) is 61.8 Å². The minimum atomic E-state index is -0.588. The molecule has 1 aromatic carbocycles. The molecule has 0 fully saturated rings. The number of imidazole rings is 1. The SMILES string of the molecule is Cc1ncn(-c2cc(C#N)ccc2[C@@H](C)O)c1C. The van der Waals surface area contributed by atoms with E-state index in [-0.39, 0.29) is 0 Å². The van der Waals surface area contributed by atoms with Gasteiger partial charge in [0.1, 0.15) is 0 Å². The van der Waals surface area contributed by atoms with E-state index < -0.39 is 6.10 Å². The summed E-state index contributed by atoms with van der Waals surface area (Å²) in [5, 5.41) is 18.8. The molecule has 0 aliphatic heterocycles. The Morgan fingerprint density at radius 2 is 2.11 bits per heavy atom. The summed E-state index contributed by atoms with van der Waals surface area (Å²) in [6, 6.07) is 7.39. The van der Waals surface area contributed by atoms with Crippen LogP contribution in [0.1, 0.15) is 35.5 Å². The van der Waals surface area contributed by atoms with E-state index in [9.17, 15) is 5.11 Å². The van der Waals surface area contributed by atoms with Gasteiger partial charge in [0, 0.05) is 11.3 Å². The molecule has 0 saturated heterocycles. The number of aryl methyl sites for hydroxylation is 1. The van der Waals surface area contributed by atoms with Crippen LogP contribution in [0.15, 0.2) is 24.5 Å². The highest BCUT2D eigenvalue weighted by Crippen LogP contribution is 2.24. The zero-order chi connectivity index (χ0) is 13.3. The average Bonchev–Trinajstić information content (AvgIpc) is 2.69. The van der Waals surface area contributed by atoms with Gasteiger partial charge >= 0.3 is 0 Å². The molecule has 0 aliphatic carbocycles. The molecule has 0 unspecified atom stereocenters. The minimum absolute atomic E-state index is 0.570. The molecule has 0 aliphatic rings. The van der Waals surface area contributed by atoms with Gasteiger partial charge in [0.2, 0.25) is 0 Å². The van der Waals surface area contributed by atoms with Crippen molar-refractivity contribution in [2.45, 2.75) is 26.9 Å². The van der Waals surface area contributed by atoms with Crippen molar-refractivity contribution in [1.82, 2.24) is 9.55 Å². The molecule has 2 rings (SSSR count). The molecule has 2 aromatic rings. The van der Waals surface area contributed by atoms with Gasteiger partial charge in [-0.2, -0.15) is 5.26 Å². The van der Waals surface area contributed by atoms with E-state index in [2.05, 4.69) is 11.1 Å². The van der Waals surface area contributed by atoms with Crippen molar-refractivity contribution >= 4 is 0 Å². The van der Waals surface area contributed by atoms with Gasteiger partial charge in [-0.3, -0.25) is 0 Å². The second kappa shape index (κ2) is 4.63. The van der Waals surface area contributed by atoms with Crippen LogP contribution in [0.2, 0.25) is 0 Å². The number of hydrogen-bond acceptors (Lipinski definition) is 3. The lowest BCUT2D eigenvalue weighted by Gasteiger charge is -2.14. The van der Waals surface area contributed by atoms with Gasteiger partial charge in [0.05, 0.1) is 35.4 Å². The summed E-state index contributed by atoms with van der Waals surface area (Å²) in [6.07, 6.45) is 1.13. The van der Waals surface area contributed by atoms with Crippen molar-refractivity contribution in [3.8, 4) is 11.8 Å². The van der Waals surface area contributed by atoms with Gasteiger partial charge in [-0.15, -0.1) is 0 Å². The highest BCUT2D eigenvalue weighted by Gasteiger charge is 2.13. The molecule has 4 nitrogen and oxygen atoms in total. The van der Waals surface area contributed by atoms with Crippen LogP contribution in [0.5, 0.6) is 0 Å². The molecule has 1 heterocycles. The van der Waals surface area contributed by atoms with E-state index in [0.717, 1.165) is 22.6 Å². The first-order valence-corrected chi connectivity index (χ1v) is 5.77. The first kappa shape index (κ1) is 12.3. The van der Waals surface area contributed by atoms with Crippen molar-refractivity contribution in [3.05, 3.63) is 47.0 Å². The molecular formula is C14H15N3O. The van der Waals surface area contributed by atoms with Gasteiger partial charge in [0.15, 0.2) is 0 Å². The Morgan fingerprint density at radius 3 is 2.61 bits per heavy atom. The van der Waals surface area contributed by atoms with E-state index >= 15 is 0 Å². The number of nitrogens with zero attached hydrogens (tertiary/aromatic N) is 3. The lowest BCUT2D eigenvalue weighted by atomic mass is 10.0. The molecule has 18 heavy (non-hydrogen) atoms. The number of aliphatic hydroxyl groups is 1. The molecule has 4 heteroatoms. The maximum atomic E-state index is 9.81. The fourth-order valence-electron chi connectivity index (χ4n) is 1.92. The molecule has 0 bridgehead atoms. The summed E-state index contributed by atoms with van der Waals surface area (Å²) in [4.78, 5) is 4.25. The van der Waals surface area contributed by atoms with Gasteiger partial charge in [-0.05, 0) is 32.9 Å². The normalized spacial score (nSPS) is 12.2. The van der Waals surface area contributed by atoms with E-state index in [1.165, 1.54) is 0 Å². The zero-order valence-electron chi connectivity index (χ0n) is 10.7. The van der Waals surface area contributed by atoms with E-state index in [1.54, 1.807) is 31.5 Å². The van der Waals surface area contributed by atoms with Crippen LogP contribution >= 0.6 is 0 Å². The molecule has 1 N–H and O–H groups in total. The first-order valence-electron chi connectivity index (χ1n) is 5.77. The van der Waals surface area contributed by atoms with Crippen LogP contribution in [-0.4, -0.2) is 14.7 Å². The smallest absolute Gasteiger partial charge is 0.0997 e. The number of aromatic nitrogens is 2. The van der Waals surface area contributed by atoms with Gasteiger partial charge in [-0.25, -0.2) is 4.98 Å². The van der Waals surface area contributed by atoms with Gasteiger partial charge in [-0.1, -0.05) is 6.07 Å². The molecule has 0 radical (unpaired) electrons. The fraction of sp³-hybridized carbons (Fsp3) is 0.286. The monoisotopic (exact) mass is 241 g/mol. The number of rotatable bonds is 2. The Kier molecular flexibility index (Phi) is 3.17. The molecule has 1 atom stereocenters. The Bertz CT molecular complexity index is 620. The van der Waals surface area contributed by atoms with Crippen LogP contribution in [0, 0.1) is 25.2 Å². The van der Waals surface area contributed by atoms with E-state index in [1.807, 2.05) is 18.4 Å². The first-order chi connectivity index (χ1) is 8.54. The predicted molar refractivity (Wildman–Crippen MR) is 68.4 cm³/mol. The van der Waals surface area contributed by atoms with Crippen LogP contribution < -0.4 is 0 Å². The van der Waals surface area contributed by atoms with Crippen LogP contribution in [-0.2, 0) is 0 Å². The Morgan fingerprint density at radius 1 is 1.39 bits per heavy atom. The number of benzene rings is 1. The summed E-state index contributed by atoms with van der Waals surface area (Å²) < 4.78 is 1.90. The molecule has 92 valence electrons. The van der Waals surface area contributed by atoms with E-state index in [0.29, 0.717) is 5.56 Å². The van der Waals surface area contributed by atoms with Crippen LogP contribution in [0.25, 0.3) is 5.69 Å². The largest absolute Gasteiger partial charge is 0.389 e. The van der Waals surface area contributed by atoms with Crippen molar-refractivity contribution in [3.63, 3.8) is 0 Å². The third-order valence-electron chi connectivity index (χ3n) is 3.12. The third kappa shape index (κ3) is 2.01. The van der Waals surface area contributed by atoms with Crippen molar-refractivity contribution in [2.24, 2.45) is 0 Å². The summed E-state index contributed by atoms with van der Waals surface area (Å²) in [7, 11) is 0. The maximum Gasteiger partial charge on any atom is 0.0997 e. The second-order valence-corrected chi connectivity index (χ2v) is 4.35. The molecule has 0 amide bonds. The molecule has 0 saturated carbocycles. The Labute approximate surface area is 106 Å². The van der Waals surface area contributed by atoms with E-state index in [4.69, 9.17) is 5.26 Å². The highest BCUT2D eigenvalue weighted by atomic mass is 16.3. The second-order valence-electron chi connectivity index (χ2n) is 4.35. The van der Waals surface area contributed by atoms with Gasteiger partial charge in [0.25, 0.3) is 0 Å². The zero-order valence-corrected chi connectivity index (χ0v) is 10.7. The molecule has 0 spiro atoms. The van der Waals surface area contributed by atoms with Crippen LogP contribution in [0.4, 0.5) is 0 Å². The summed E-state index contributed by atoms with van der Waals surface area (Å²) in [5.74, 6) is 0. The summed E-state index contributed by atoms with van der Waals surface area (Å²) >= 11 is 0. The number of nitriles is 1. The van der Waals surface area contributed by atoms with Crippen molar-refractivity contribution in [1.29, 1.82) is 5.26 Å². The summed E-state index contributed by atoms with van der Waals surface area (Å²) in [5.41, 5.74) is 4.11. The fourth-order valence-corrected chi connectivity index (χ4v) is 1.92. The lowest BCUT2D eigenvalue weighted by Crippen LogP contribution is -2.04. The van der Waals surface area contributed by atoms with Crippen molar-refractivity contribution in [2.75, 3.05) is 0 Å². The maximum absolute atomic E-state index is 9.81.